The van der Waals surface area contributed by atoms with Crippen molar-refractivity contribution >= 4 is 39.3 Å². The number of carbonyl (C=O) groups is 1. The Kier molecular flexibility index (Phi) is 3.82. The van der Waals surface area contributed by atoms with Gasteiger partial charge in [0.1, 0.15) is 0 Å². The Morgan fingerprint density at radius 2 is 2.20 bits per heavy atom. The summed E-state index contributed by atoms with van der Waals surface area (Å²) >= 11 is 9.73. The Bertz CT molecular complexity index is 552. The lowest BCUT2D eigenvalue weighted by molar-refractivity contribution is 0.155. The van der Waals surface area contributed by atoms with E-state index in [0.29, 0.717) is 13.1 Å². The SMILES string of the molecule is O=C(O)N1CCC(N2CCCc3cc(Cl)cc(Br)c32)C1. The molecule has 1 N–H and O–H groups in total. The van der Waals surface area contributed by atoms with Gasteiger partial charge in [-0.25, -0.2) is 4.79 Å². The number of halogens is 2. The number of hydrogen-bond acceptors (Lipinski definition) is 2. The molecule has 1 unspecified atom stereocenters. The van der Waals surface area contributed by atoms with Gasteiger partial charge in [0.2, 0.25) is 0 Å². The average Bonchev–Trinajstić information content (AvgIpc) is 2.87. The molecular formula is C14H16BrClN2O2. The van der Waals surface area contributed by atoms with Crippen molar-refractivity contribution in [3.63, 3.8) is 0 Å². The molecule has 0 bridgehead atoms. The van der Waals surface area contributed by atoms with Gasteiger partial charge in [-0.1, -0.05) is 11.6 Å². The van der Waals surface area contributed by atoms with Gasteiger partial charge in [-0.2, -0.15) is 0 Å². The summed E-state index contributed by atoms with van der Waals surface area (Å²) < 4.78 is 1.01. The fourth-order valence-electron chi connectivity index (χ4n) is 3.22. The van der Waals surface area contributed by atoms with Crippen LogP contribution in [-0.4, -0.2) is 41.8 Å². The summed E-state index contributed by atoms with van der Waals surface area (Å²) in [5, 5.41) is 9.84. The second-order valence-corrected chi connectivity index (χ2v) is 6.65. The van der Waals surface area contributed by atoms with Crippen LogP contribution >= 0.6 is 27.5 Å². The maximum absolute atomic E-state index is 11.1. The van der Waals surface area contributed by atoms with Gasteiger partial charge in [-0.05, 0) is 52.9 Å². The monoisotopic (exact) mass is 358 g/mol. The minimum absolute atomic E-state index is 0.266. The summed E-state index contributed by atoms with van der Waals surface area (Å²) in [7, 11) is 0. The van der Waals surface area contributed by atoms with Crippen LogP contribution in [0.1, 0.15) is 18.4 Å². The van der Waals surface area contributed by atoms with Gasteiger partial charge in [-0.15, -0.1) is 0 Å². The molecular weight excluding hydrogens is 344 g/mol. The first kappa shape index (κ1) is 14.0. The minimum atomic E-state index is -0.820. The predicted molar refractivity (Wildman–Crippen MR) is 82.8 cm³/mol. The van der Waals surface area contributed by atoms with Crippen molar-refractivity contribution in [1.82, 2.24) is 4.90 Å². The van der Waals surface area contributed by atoms with Crippen LogP contribution < -0.4 is 4.90 Å². The van der Waals surface area contributed by atoms with Crippen molar-refractivity contribution in [1.29, 1.82) is 0 Å². The highest BCUT2D eigenvalue weighted by Gasteiger charge is 2.33. The van der Waals surface area contributed by atoms with E-state index in [9.17, 15) is 4.79 Å². The number of anilines is 1. The van der Waals surface area contributed by atoms with Crippen LogP contribution in [0, 0.1) is 0 Å². The van der Waals surface area contributed by atoms with Gasteiger partial charge < -0.3 is 14.9 Å². The van der Waals surface area contributed by atoms with E-state index >= 15 is 0 Å². The topological polar surface area (TPSA) is 43.8 Å². The van der Waals surface area contributed by atoms with Gasteiger partial charge in [0.05, 0.1) is 5.69 Å². The number of amides is 1. The highest BCUT2D eigenvalue weighted by molar-refractivity contribution is 9.10. The highest BCUT2D eigenvalue weighted by atomic mass is 79.9. The summed E-state index contributed by atoms with van der Waals surface area (Å²) in [4.78, 5) is 14.9. The molecule has 1 aromatic rings. The zero-order chi connectivity index (χ0) is 14.3. The van der Waals surface area contributed by atoms with Crippen molar-refractivity contribution < 1.29 is 9.90 Å². The van der Waals surface area contributed by atoms with Gasteiger partial charge in [0.15, 0.2) is 0 Å². The molecule has 2 aliphatic heterocycles. The first-order valence-corrected chi connectivity index (χ1v) is 7.96. The van der Waals surface area contributed by atoms with Crippen LogP contribution in [-0.2, 0) is 6.42 Å². The molecule has 20 heavy (non-hydrogen) atoms. The second kappa shape index (κ2) is 5.45. The summed E-state index contributed by atoms with van der Waals surface area (Å²) in [6.45, 7) is 2.19. The number of rotatable bonds is 1. The minimum Gasteiger partial charge on any atom is -0.465 e. The second-order valence-electron chi connectivity index (χ2n) is 5.36. The van der Waals surface area contributed by atoms with Crippen LogP contribution in [0.15, 0.2) is 16.6 Å². The van der Waals surface area contributed by atoms with Crippen molar-refractivity contribution in [2.45, 2.75) is 25.3 Å². The van der Waals surface area contributed by atoms with Gasteiger partial charge in [0, 0.05) is 35.2 Å². The van der Waals surface area contributed by atoms with E-state index in [1.54, 1.807) is 0 Å². The van der Waals surface area contributed by atoms with Crippen molar-refractivity contribution in [2.24, 2.45) is 0 Å². The number of hydrogen-bond donors (Lipinski definition) is 1. The van der Waals surface area contributed by atoms with E-state index in [-0.39, 0.29) is 6.04 Å². The van der Waals surface area contributed by atoms with E-state index < -0.39 is 6.09 Å². The molecule has 0 spiro atoms. The smallest absolute Gasteiger partial charge is 0.407 e. The molecule has 1 saturated heterocycles. The zero-order valence-corrected chi connectivity index (χ0v) is 13.3. The molecule has 0 radical (unpaired) electrons. The highest BCUT2D eigenvalue weighted by Crippen LogP contribution is 2.39. The Morgan fingerprint density at radius 3 is 2.90 bits per heavy atom. The predicted octanol–water partition coefficient (Wildman–Crippen LogP) is 3.61. The van der Waals surface area contributed by atoms with Gasteiger partial charge in [-0.3, -0.25) is 0 Å². The van der Waals surface area contributed by atoms with E-state index in [1.165, 1.54) is 16.2 Å². The molecule has 0 aromatic heterocycles. The summed E-state index contributed by atoms with van der Waals surface area (Å²) in [5.74, 6) is 0. The molecule has 108 valence electrons. The van der Waals surface area contributed by atoms with Gasteiger partial charge in [0.25, 0.3) is 0 Å². The molecule has 3 rings (SSSR count). The number of aryl methyl sites for hydroxylation is 1. The van der Waals surface area contributed by atoms with E-state index in [1.807, 2.05) is 12.1 Å². The maximum atomic E-state index is 11.1. The number of fused-ring (bicyclic) bond motifs is 1. The Hall–Kier alpha value is -0.940. The number of benzene rings is 1. The lowest BCUT2D eigenvalue weighted by Gasteiger charge is -2.37. The van der Waals surface area contributed by atoms with Crippen molar-refractivity contribution in [3.05, 3.63) is 27.2 Å². The molecule has 2 heterocycles. The standard InChI is InChI=1S/C14H16BrClN2O2/c15-12-7-10(16)6-9-2-1-4-18(13(9)12)11-3-5-17(8-11)14(19)20/h6-7,11H,1-5,8H2,(H,19,20). The molecule has 0 saturated carbocycles. The third kappa shape index (κ3) is 2.49. The number of likely N-dealkylation sites (tertiary alicyclic amines) is 1. The molecule has 1 atom stereocenters. The Labute approximate surface area is 131 Å². The van der Waals surface area contributed by atoms with E-state index in [2.05, 4.69) is 20.8 Å². The van der Waals surface area contributed by atoms with Crippen molar-refractivity contribution in [3.8, 4) is 0 Å². The van der Waals surface area contributed by atoms with E-state index in [4.69, 9.17) is 16.7 Å². The average molecular weight is 360 g/mol. The Morgan fingerprint density at radius 1 is 1.40 bits per heavy atom. The molecule has 1 fully saturated rings. The third-order valence-electron chi connectivity index (χ3n) is 4.11. The van der Waals surface area contributed by atoms with Gasteiger partial charge >= 0.3 is 6.09 Å². The molecule has 0 aliphatic carbocycles. The largest absolute Gasteiger partial charge is 0.465 e. The van der Waals surface area contributed by atoms with Crippen LogP contribution in [0.4, 0.5) is 10.5 Å². The quantitative estimate of drug-likeness (QED) is 0.833. The normalized spacial score (nSPS) is 22.0. The van der Waals surface area contributed by atoms with Crippen LogP contribution in [0.5, 0.6) is 0 Å². The van der Waals surface area contributed by atoms with E-state index in [0.717, 1.165) is 35.3 Å². The summed E-state index contributed by atoms with van der Waals surface area (Å²) in [6.07, 6.45) is 2.18. The van der Waals surface area contributed by atoms with Crippen LogP contribution in [0.2, 0.25) is 5.02 Å². The van der Waals surface area contributed by atoms with Crippen molar-refractivity contribution in [2.75, 3.05) is 24.5 Å². The third-order valence-corrected chi connectivity index (χ3v) is 4.94. The molecule has 1 amide bonds. The molecule has 4 nitrogen and oxygen atoms in total. The summed E-state index contributed by atoms with van der Waals surface area (Å²) in [5.41, 5.74) is 2.45. The molecule has 2 aliphatic rings. The lowest BCUT2D eigenvalue weighted by atomic mass is 9.99. The fourth-order valence-corrected chi connectivity index (χ4v) is 4.32. The zero-order valence-electron chi connectivity index (χ0n) is 11.0. The fraction of sp³-hybridized carbons (Fsp3) is 0.500. The molecule has 1 aromatic carbocycles. The lowest BCUT2D eigenvalue weighted by Crippen LogP contribution is -2.41. The Balaban J connectivity index is 1.89. The first-order chi connectivity index (χ1) is 9.56. The number of carboxylic acid groups (broad SMARTS) is 1. The number of nitrogens with zero attached hydrogens (tertiary/aromatic N) is 2. The van der Waals surface area contributed by atoms with Crippen LogP contribution in [0.25, 0.3) is 0 Å². The summed E-state index contributed by atoms with van der Waals surface area (Å²) in [6, 6.07) is 4.21. The van der Waals surface area contributed by atoms with Crippen LogP contribution in [0.3, 0.4) is 0 Å². The molecule has 6 heteroatoms. The first-order valence-electron chi connectivity index (χ1n) is 6.78. The maximum Gasteiger partial charge on any atom is 0.407 e.